The summed E-state index contributed by atoms with van der Waals surface area (Å²) < 4.78 is 6.52. The molecule has 0 amide bonds. The molecule has 4 heteroatoms. The zero-order chi connectivity index (χ0) is 28.0. The van der Waals surface area contributed by atoms with Crippen molar-refractivity contribution in [2.75, 3.05) is 0 Å². The molecule has 0 saturated carbocycles. The fourth-order valence-corrected chi connectivity index (χ4v) is 5.37. The molecule has 0 bridgehead atoms. The molecule has 0 fully saturated rings. The third-order valence-corrected chi connectivity index (χ3v) is 7.58. The van der Waals surface area contributed by atoms with Crippen LogP contribution in [0, 0.1) is 0 Å². The Morgan fingerprint density at radius 1 is 0.683 bits per heavy atom. The van der Waals surface area contributed by atoms with E-state index in [9.17, 15) is 0 Å². The highest BCUT2D eigenvalue weighted by Gasteiger charge is 2.22. The van der Waals surface area contributed by atoms with Crippen LogP contribution in [0.25, 0.3) is 55.4 Å². The smallest absolute Gasteiger partial charge is 0.229 e. The Balaban J connectivity index is 1.40. The van der Waals surface area contributed by atoms with E-state index in [0.29, 0.717) is 5.89 Å². The fourth-order valence-electron chi connectivity index (χ4n) is 5.37. The maximum Gasteiger partial charge on any atom is 0.229 e. The molecule has 0 N–H and O–H groups in total. The number of nitrogens with zero attached hydrogens (tertiary/aromatic N) is 3. The van der Waals surface area contributed by atoms with Crippen LogP contribution in [0.3, 0.4) is 0 Å². The van der Waals surface area contributed by atoms with Crippen LogP contribution in [0.4, 0.5) is 5.69 Å². The second-order valence-corrected chi connectivity index (χ2v) is 11.4. The third kappa shape index (κ3) is 4.57. The first-order valence-corrected chi connectivity index (χ1v) is 13.9. The first kappa shape index (κ1) is 24.9. The number of hydrogen-bond acceptors (Lipinski definition) is 4. The zero-order valence-corrected chi connectivity index (χ0v) is 23.3. The summed E-state index contributed by atoms with van der Waals surface area (Å²) >= 11 is 0. The predicted octanol–water partition coefficient (Wildman–Crippen LogP) is 9.91. The maximum absolute atomic E-state index is 6.52. The van der Waals surface area contributed by atoms with Gasteiger partial charge in [-0.15, -0.1) is 0 Å². The first-order valence-electron chi connectivity index (χ1n) is 13.9. The van der Waals surface area contributed by atoms with Crippen molar-refractivity contribution in [3.05, 3.63) is 127 Å². The number of hydrogen-bond donors (Lipinski definition) is 0. The lowest BCUT2D eigenvalue weighted by Gasteiger charge is -2.20. The van der Waals surface area contributed by atoms with Crippen molar-refractivity contribution >= 4 is 44.7 Å². The Labute approximate surface area is 239 Å². The summed E-state index contributed by atoms with van der Waals surface area (Å²) in [6.45, 7) is 6.65. The molecule has 0 saturated heterocycles. The summed E-state index contributed by atoms with van der Waals surface area (Å²) in [7, 11) is 0. The van der Waals surface area contributed by atoms with E-state index in [1.807, 2.05) is 42.7 Å². The minimum Gasteiger partial charge on any atom is -0.436 e. The molecule has 0 radical (unpaired) electrons. The molecule has 7 rings (SSSR count). The van der Waals surface area contributed by atoms with E-state index in [2.05, 4.69) is 99.6 Å². The standard InChI is InChI=1S/C37H29N3O/c1-37(2,3)27-21-31(29-18-9-13-25-15-10-20-38-34(25)29)35-33(22-27)41-36(40-35)30-17-6-7-19-32(30)39-23-26-14-8-12-24-11-4-5-16-28(24)26/h4-23H,1-3H3. The van der Waals surface area contributed by atoms with Gasteiger partial charge < -0.3 is 4.42 Å². The lowest BCUT2D eigenvalue weighted by Crippen LogP contribution is -2.11. The van der Waals surface area contributed by atoms with E-state index in [1.54, 1.807) is 0 Å². The summed E-state index contributed by atoms with van der Waals surface area (Å²) in [5.74, 6) is 0.547. The average Bonchev–Trinajstić information content (AvgIpc) is 3.43. The van der Waals surface area contributed by atoms with Crippen LogP contribution in [0.1, 0.15) is 31.9 Å². The summed E-state index contributed by atoms with van der Waals surface area (Å²) in [4.78, 5) is 14.7. The minimum absolute atomic E-state index is 0.0748. The van der Waals surface area contributed by atoms with E-state index in [0.717, 1.165) is 49.9 Å². The Bertz CT molecular complexity index is 2090. The molecule has 0 unspecified atom stereocenters. The first-order chi connectivity index (χ1) is 20.0. The molecule has 2 heterocycles. The van der Waals surface area contributed by atoms with E-state index in [1.165, 1.54) is 16.3 Å². The topological polar surface area (TPSA) is 51.3 Å². The van der Waals surface area contributed by atoms with Gasteiger partial charge in [0.1, 0.15) is 5.52 Å². The number of aromatic nitrogens is 2. The Kier molecular flexibility index (Phi) is 5.97. The Hall–Kier alpha value is -5.09. The van der Waals surface area contributed by atoms with Gasteiger partial charge in [-0.25, -0.2) is 4.98 Å². The van der Waals surface area contributed by atoms with Gasteiger partial charge in [0.05, 0.1) is 16.8 Å². The van der Waals surface area contributed by atoms with Crippen molar-refractivity contribution in [2.24, 2.45) is 4.99 Å². The summed E-state index contributed by atoms with van der Waals surface area (Å²) in [6.07, 6.45) is 3.77. The Morgan fingerprint density at radius 3 is 2.32 bits per heavy atom. The second kappa shape index (κ2) is 9.83. The van der Waals surface area contributed by atoms with E-state index < -0.39 is 0 Å². The second-order valence-electron chi connectivity index (χ2n) is 11.4. The largest absolute Gasteiger partial charge is 0.436 e. The van der Waals surface area contributed by atoms with E-state index >= 15 is 0 Å². The number of pyridine rings is 1. The van der Waals surface area contributed by atoms with Gasteiger partial charge in [-0.2, -0.15) is 0 Å². The van der Waals surface area contributed by atoms with Gasteiger partial charge in [0, 0.05) is 34.5 Å². The lowest BCUT2D eigenvalue weighted by molar-refractivity contribution is 0.584. The van der Waals surface area contributed by atoms with Crippen LogP contribution in [0.2, 0.25) is 0 Å². The van der Waals surface area contributed by atoms with Gasteiger partial charge in [-0.3, -0.25) is 9.98 Å². The lowest BCUT2D eigenvalue weighted by atomic mass is 9.84. The minimum atomic E-state index is -0.0748. The highest BCUT2D eigenvalue weighted by atomic mass is 16.3. The van der Waals surface area contributed by atoms with Crippen molar-refractivity contribution in [3.63, 3.8) is 0 Å². The van der Waals surface area contributed by atoms with Gasteiger partial charge in [-0.05, 0) is 52.1 Å². The molecule has 0 atom stereocenters. The quantitative estimate of drug-likeness (QED) is 0.212. The summed E-state index contributed by atoms with van der Waals surface area (Å²) in [6, 6.07) is 37.3. The number of para-hydroxylation sites is 2. The fraction of sp³-hybridized carbons (Fsp3) is 0.108. The maximum atomic E-state index is 6.52. The van der Waals surface area contributed by atoms with Gasteiger partial charge in [0.15, 0.2) is 5.58 Å². The van der Waals surface area contributed by atoms with Crippen LogP contribution < -0.4 is 0 Å². The third-order valence-electron chi connectivity index (χ3n) is 7.58. The molecule has 0 aliphatic heterocycles. The van der Waals surface area contributed by atoms with E-state index in [-0.39, 0.29) is 5.41 Å². The predicted molar refractivity (Wildman–Crippen MR) is 170 cm³/mol. The van der Waals surface area contributed by atoms with Gasteiger partial charge in [0.2, 0.25) is 5.89 Å². The molecule has 198 valence electrons. The number of benzene rings is 5. The average molecular weight is 532 g/mol. The van der Waals surface area contributed by atoms with Gasteiger partial charge in [-0.1, -0.05) is 99.6 Å². The highest BCUT2D eigenvalue weighted by molar-refractivity contribution is 6.03. The number of rotatable bonds is 4. The molecular formula is C37H29N3O. The van der Waals surface area contributed by atoms with Crippen molar-refractivity contribution in [1.82, 2.24) is 9.97 Å². The van der Waals surface area contributed by atoms with Crippen molar-refractivity contribution in [1.29, 1.82) is 0 Å². The molecule has 0 aliphatic rings. The molecule has 0 spiro atoms. The molecule has 7 aromatic rings. The van der Waals surface area contributed by atoms with E-state index in [4.69, 9.17) is 19.4 Å². The summed E-state index contributed by atoms with van der Waals surface area (Å²) in [5, 5.41) is 3.45. The van der Waals surface area contributed by atoms with Crippen LogP contribution in [0.5, 0.6) is 0 Å². The molecule has 0 aliphatic carbocycles. The number of aliphatic imine (C=N–C) groups is 1. The summed E-state index contributed by atoms with van der Waals surface area (Å²) in [5.41, 5.74) is 8.40. The van der Waals surface area contributed by atoms with Crippen molar-refractivity contribution < 1.29 is 4.42 Å². The molecular weight excluding hydrogens is 502 g/mol. The zero-order valence-electron chi connectivity index (χ0n) is 23.3. The molecule has 4 nitrogen and oxygen atoms in total. The number of oxazole rings is 1. The van der Waals surface area contributed by atoms with Crippen LogP contribution in [-0.4, -0.2) is 16.2 Å². The SMILES string of the molecule is CC(C)(C)c1cc(-c2cccc3cccnc23)c2nc(-c3ccccc3N=Cc3cccc4ccccc34)oc2c1. The molecule has 2 aromatic heterocycles. The monoisotopic (exact) mass is 531 g/mol. The van der Waals surface area contributed by atoms with Crippen molar-refractivity contribution in [2.45, 2.75) is 26.2 Å². The molecule has 5 aromatic carbocycles. The van der Waals surface area contributed by atoms with Crippen molar-refractivity contribution in [3.8, 4) is 22.6 Å². The van der Waals surface area contributed by atoms with Gasteiger partial charge in [0.25, 0.3) is 0 Å². The van der Waals surface area contributed by atoms with Crippen LogP contribution in [-0.2, 0) is 5.41 Å². The van der Waals surface area contributed by atoms with Gasteiger partial charge >= 0.3 is 0 Å². The highest BCUT2D eigenvalue weighted by Crippen LogP contribution is 2.40. The van der Waals surface area contributed by atoms with Crippen LogP contribution >= 0.6 is 0 Å². The molecule has 41 heavy (non-hydrogen) atoms. The normalized spacial score (nSPS) is 12.2. The van der Waals surface area contributed by atoms with Crippen LogP contribution in [0.15, 0.2) is 125 Å². The number of fused-ring (bicyclic) bond motifs is 3. The Morgan fingerprint density at radius 2 is 1.41 bits per heavy atom.